The molecule has 0 fully saturated rings. The van der Waals surface area contributed by atoms with Crippen LogP contribution < -0.4 is 5.32 Å². The van der Waals surface area contributed by atoms with Crippen molar-refractivity contribution in [3.05, 3.63) is 53.6 Å². The Kier molecular flexibility index (Phi) is 3.15. The number of H-pyrrole nitrogens is 1. The standard InChI is InChI=1S/C16H21N3/c1-16(2)9-12-5-3-4-6-14(12)15(16)18-8-7-13-10-17-11-19-13/h3-6,10-11,15,18H,7-9H2,1-2H3,(H,17,19). The van der Waals surface area contributed by atoms with Gasteiger partial charge in [-0.2, -0.15) is 0 Å². The molecule has 1 aromatic carbocycles. The Morgan fingerprint density at radius 2 is 2.21 bits per heavy atom. The van der Waals surface area contributed by atoms with E-state index in [1.165, 1.54) is 16.8 Å². The van der Waals surface area contributed by atoms with Gasteiger partial charge in [0.15, 0.2) is 0 Å². The first-order valence-electron chi connectivity index (χ1n) is 6.95. The van der Waals surface area contributed by atoms with Gasteiger partial charge in [0.05, 0.1) is 6.33 Å². The van der Waals surface area contributed by atoms with Gasteiger partial charge in [0.25, 0.3) is 0 Å². The summed E-state index contributed by atoms with van der Waals surface area (Å²) in [5.41, 5.74) is 4.44. The average Bonchev–Trinajstić information content (AvgIpc) is 2.96. The average molecular weight is 255 g/mol. The van der Waals surface area contributed by atoms with Gasteiger partial charge in [-0.05, 0) is 23.0 Å². The highest BCUT2D eigenvalue weighted by molar-refractivity contribution is 5.37. The number of rotatable bonds is 4. The minimum absolute atomic E-state index is 0.289. The fourth-order valence-electron chi connectivity index (χ4n) is 3.15. The molecule has 1 atom stereocenters. The van der Waals surface area contributed by atoms with Gasteiger partial charge in [0.2, 0.25) is 0 Å². The lowest BCUT2D eigenvalue weighted by atomic mass is 9.85. The Hall–Kier alpha value is -1.61. The number of aromatic nitrogens is 2. The third-order valence-corrected chi connectivity index (χ3v) is 4.09. The number of hydrogen-bond donors (Lipinski definition) is 2. The van der Waals surface area contributed by atoms with Crippen LogP contribution in [0.3, 0.4) is 0 Å². The summed E-state index contributed by atoms with van der Waals surface area (Å²) in [6, 6.07) is 9.25. The Bertz CT molecular complexity index is 543. The third kappa shape index (κ3) is 2.43. The van der Waals surface area contributed by atoms with Gasteiger partial charge in [-0.1, -0.05) is 38.1 Å². The summed E-state index contributed by atoms with van der Waals surface area (Å²) in [5.74, 6) is 0. The summed E-state index contributed by atoms with van der Waals surface area (Å²) in [5, 5.41) is 3.72. The maximum atomic E-state index is 4.05. The molecule has 1 aliphatic carbocycles. The molecule has 0 saturated carbocycles. The number of fused-ring (bicyclic) bond motifs is 1. The number of imidazole rings is 1. The van der Waals surface area contributed by atoms with Gasteiger partial charge in [-0.3, -0.25) is 0 Å². The Morgan fingerprint density at radius 1 is 1.37 bits per heavy atom. The zero-order valence-electron chi connectivity index (χ0n) is 11.6. The van der Waals surface area contributed by atoms with Crippen LogP contribution in [-0.4, -0.2) is 16.5 Å². The van der Waals surface area contributed by atoms with E-state index in [4.69, 9.17) is 0 Å². The zero-order chi connectivity index (χ0) is 13.3. The lowest BCUT2D eigenvalue weighted by molar-refractivity contribution is 0.270. The Balaban J connectivity index is 1.69. The van der Waals surface area contributed by atoms with Crippen LogP contribution in [0.4, 0.5) is 0 Å². The van der Waals surface area contributed by atoms with Crippen molar-refractivity contribution in [1.29, 1.82) is 0 Å². The van der Waals surface area contributed by atoms with E-state index >= 15 is 0 Å². The maximum Gasteiger partial charge on any atom is 0.0921 e. The third-order valence-electron chi connectivity index (χ3n) is 4.09. The molecule has 2 aromatic rings. The predicted octanol–water partition coefficient (Wildman–Crippen LogP) is 2.87. The van der Waals surface area contributed by atoms with Crippen LogP contribution in [0.15, 0.2) is 36.8 Å². The van der Waals surface area contributed by atoms with E-state index < -0.39 is 0 Å². The second-order valence-electron chi connectivity index (χ2n) is 6.08. The van der Waals surface area contributed by atoms with Crippen LogP contribution in [0.25, 0.3) is 0 Å². The SMILES string of the molecule is CC1(C)Cc2ccccc2C1NCCc1cnc[nH]1. The van der Waals surface area contributed by atoms with Gasteiger partial charge < -0.3 is 10.3 Å². The molecular weight excluding hydrogens is 234 g/mol. The van der Waals surface area contributed by atoms with Crippen molar-refractivity contribution >= 4 is 0 Å². The normalized spacial score (nSPS) is 20.4. The lowest BCUT2D eigenvalue weighted by Gasteiger charge is -2.28. The quantitative estimate of drug-likeness (QED) is 0.882. The van der Waals surface area contributed by atoms with Crippen molar-refractivity contribution in [3.63, 3.8) is 0 Å². The molecule has 0 spiro atoms. The number of aromatic amines is 1. The van der Waals surface area contributed by atoms with Crippen molar-refractivity contribution < 1.29 is 0 Å². The summed E-state index contributed by atoms with van der Waals surface area (Å²) in [6.45, 7) is 5.67. The molecule has 1 heterocycles. The Morgan fingerprint density at radius 3 is 3.00 bits per heavy atom. The van der Waals surface area contributed by atoms with Crippen molar-refractivity contribution in [2.24, 2.45) is 5.41 Å². The first-order chi connectivity index (χ1) is 9.17. The van der Waals surface area contributed by atoms with E-state index in [0.717, 1.165) is 19.4 Å². The number of benzene rings is 1. The van der Waals surface area contributed by atoms with Gasteiger partial charge in [0.1, 0.15) is 0 Å². The van der Waals surface area contributed by atoms with Crippen molar-refractivity contribution in [1.82, 2.24) is 15.3 Å². The van der Waals surface area contributed by atoms with Gasteiger partial charge >= 0.3 is 0 Å². The highest BCUT2D eigenvalue weighted by Crippen LogP contribution is 2.44. The fourth-order valence-corrected chi connectivity index (χ4v) is 3.15. The van der Waals surface area contributed by atoms with Crippen molar-refractivity contribution in [2.75, 3.05) is 6.54 Å². The molecule has 0 radical (unpaired) electrons. The van der Waals surface area contributed by atoms with Gasteiger partial charge in [-0.25, -0.2) is 4.98 Å². The van der Waals surface area contributed by atoms with Crippen molar-refractivity contribution in [2.45, 2.75) is 32.7 Å². The zero-order valence-corrected chi connectivity index (χ0v) is 11.6. The maximum absolute atomic E-state index is 4.05. The van der Waals surface area contributed by atoms with Crippen LogP contribution in [0.2, 0.25) is 0 Å². The molecule has 0 amide bonds. The lowest BCUT2D eigenvalue weighted by Crippen LogP contribution is -2.32. The first-order valence-corrected chi connectivity index (χ1v) is 6.95. The number of hydrogen-bond acceptors (Lipinski definition) is 2. The van der Waals surface area contributed by atoms with E-state index in [9.17, 15) is 0 Å². The summed E-state index contributed by atoms with van der Waals surface area (Å²) in [6.07, 6.45) is 5.79. The molecule has 1 aromatic heterocycles. The van der Waals surface area contributed by atoms with E-state index in [2.05, 4.69) is 53.4 Å². The molecule has 0 aliphatic heterocycles. The largest absolute Gasteiger partial charge is 0.348 e. The number of nitrogens with zero attached hydrogens (tertiary/aromatic N) is 1. The van der Waals surface area contributed by atoms with Gasteiger partial charge in [0, 0.05) is 30.9 Å². The van der Waals surface area contributed by atoms with E-state index in [1.807, 2.05) is 6.20 Å². The molecule has 100 valence electrons. The van der Waals surface area contributed by atoms with E-state index in [-0.39, 0.29) is 5.41 Å². The summed E-state index contributed by atoms with van der Waals surface area (Å²) < 4.78 is 0. The fraction of sp³-hybridized carbons (Fsp3) is 0.438. The molecule has 2 N–H and O–H groups in total. The van der Waals surface area contributed by atoms with E-state index in [1.54, 1.807) is 6.33 Å². The minimum Gasteiger partial charge on any atom is -0.348 e. The Labute approximate surface area is 114 Å². The smallest absolute Gasteiger partial charge is 0.0921 e. The second kappa shape index (κ2) is 4.82. The van der Waals surface area contributed by atoms with Crippen LogP contribution >= 0.6 is 0 Å². The molecule has 3 rings (SSSR count). The highest BCUT2D eigenvalue weighted by Gasteiger charge is 2.37. The molecule has 3 nitrogen and oxygen atoms in total. The highest BCUT2D eigenvalue weighted by atomic mass is 14.9. The molecule has 0 bridgehead atoms. The molecule has 1 aliphatic rings. The van der Waals surface area contributed by atoms with Crippen LogP contribution in [0, 0.1) is 5.41 Å². The predicted molar refractivity (Wildman–Crippen MR) is 77.0 cm³/mol. The van der Waals surface area contributed by atoms with Crippen LogP contribution in [-0.2, 0) is 12.8 Å². The topological polar surface area (TPSA) is 40.7 Å². The summed E-state index contributed by atoms with van der Waals surface area (Å²) >= 11 is 0. The van der Waals surface area contributed by atoms with Crippen LogP contribution in [0.5, 0.6) is 0 Å². The van der Waals surface area contributed by atoms with Gasteiger partial charge in [-0.15, -0.1) is 0 Å². The summed E-state index contributed by atoms with van der Waals surface area (Å²) in [4.78, 5) is 7.21. The summed E-state index contributed by atoms with van der Waals surface area (Å²) in [7, 11) is 0. The molecular formula is C16H21N3. The molecule has 19 heavy (non-hydrogen) atoms. The molecule has 0 saturated heterocycles. The molecule has 1 unspecified atom stereocenters. The van der Waals surface area contributed by atoms with Crippen molar-refractivity contribution in [3.8, 4) is 0 Å². The minimum atomic E-state index is 0.289. The monoisotopic (exact) mass is 255 g/mol. The second-order valence-corrected chi connectivity index (χ2v) is 6.08. The number of nitrogens with one attached hydrogen (secondary N) is 2. The van der Waals surface area contributed by atoms with Crippen LogP contribution in [0.1, 0.15) is 36.7 Å². The van der Waals surface area contributed by atoms with E-state index in [0.29, 0.717) is 6.04 Å². The molecule has 3 heteroatoms. The first kappa shape index (κ1) is 12.4.